The number of aliphatic hydroxyl groups excluding tert-OH is 1. The highest BCUT2D eigenvalue weighted by Crippen LogP contribution is 2.47. The van der Waals surface area contributed by atoms with Crippen molar-refractivity contribution in [1.82, 2.24) is 4.90 Å². The fraction of sp³-hybridized carbons (Fsp3) is 0.407. The summed E-state index contributed by atoms with van der Waals surface area (Å²) in [6, 6.07) is 8.41. The smallest absolute Gasteiger partial charge is 0.295 e. The van der Waals surface area contributed by atoms with Crippen molar-refractivity contribution < 1.29 is 24.2 Å². The minimum Gasteiger partial charge on any atom is -0.507 e. The molecule has 6 nitrogen and oxygen atoms in total. The van der Waals surface area contributed by atoms with E-state index in [1.165, 1.54) is 25.2 Å². The largest absolute Gasteiger partial charge is 0.507 e. The van der Waals surface area contributed by atoms with Crippen LogP contribution in [-0.2, 0) is 15.0 Å². The lowest BCUT2D eigenvalue weighted by atomic mass is 9.85. The zero-order valence-electron chi connectivity index (χ0n) is 20.9. The number of carbonyl (C=O) groups is 2. The number of amides is 1. The van der Waals surface area contributed by atoms with Crippen LogP contribution in [0, 0.1) is 0 Å². The number of ether oxygens (including phenoxy) is 2. The molecule has 188 valence electrons. The lowest BCUT2D eigenvalue weighted by Gasteiger charge is -2.26. The summed E-state index contributed by atoms with van der Waals surface area (Å²) in [4.78, 5) is 27.9. The predicted molar refractivity (Wildman–Crippen MR) is 139 cm³/mol. The van der Waals surface area contributed by atoms with E-state index in [0.29, 0.717) is 13.0 Å². The van der Waals surface area contributed by atoms with Crippen LogP contribution >= 0.6 is 23.2 Å². The predicted octanol–water partition coefficient (Wildman–Crippen LogP) is 6.53. The van der Waals surface area contributed by atoms with Crippen molar-refractivity contribution in [1.29, 1.82) is 0 Å². The van der Waals surface area contributed by atoms with E-state index in [4.69, 9.17) is 32.7 Å². The molecule has 1 amide bonds. The van der Waals surface area contributed by atoms with Crippen molar-refractivity contribution in [2.45, 2.75) is 52.0 Å². The van der Waals surface area contributed by atoms with Crippen LogP contribution in [-0.4, -0.2) is 42.5 Å². The number of hydrogen-bond acceptors (Lipinski definition) is 5. The number of nitrogens with zero attached hydrogens (tertiary/aromatic N) is 1. The number of Topliss-reactive ketones (excluding diaryl/α,β-unsaturated/α-hetero) is 1. The first-order valence-electron chi connectivity index (χ1n) is 11.5. The number of likely N-dealkylation sites (tertiary alicyclic amines) is 1. The van der Waals surface area contributed by atoms with E-state index >= 15 is 0 Å². The van der Waals surface area contributed by atoms with Gasteiger partial charge in [-0.3, -0.25) is 9.59 Å². The number of ketones is 1. The monoisotopic (exact) mass is 519 g/mol. The molecule has 1 fully saturated rings. The summed E-state index contributed by atoms with van der Waals surface area (Å²) in [6.45, 7) is 8.72. The van der Waals surface area contributed by atoms with E-state index in [1.54, 1.807) is 0 Å². The molecule has 0 saturated carbocycles. The maximum absolute atomic E-state index is 13.3. The van der Waals surface area contributed by atoms with Crippen LogP contribution in [0.3, 0.4) is 0 Å². The first-order chi connectivity index (χ1) is 16.5. The number of benzene rings is 2. The van der Waals surface area contributed by atoms with Crippen LogP contribution in [0.4, 0.5) is 0 Å². The van der Waals surface area contributed by atoms with Gasteiger partial charge in [0, 0.05) is 6.54 Å². The third-order valence-electron chi connectivity index (χ3n) is 6.18. The molecular weight excluding hydrogens is 489 g/mol. The number of halogens is 2. The van der Waals surface area contributed by atoms with Gasteiger partial charge in [0.1, 0.15) is 10.8 Å². The molecule has 0 bridgehead atoms. The normalized spacial score (nSPS) is 17.7. The Morgan fingerprint density at radius 2 is 1.66 bits per heavy atom. The number of aliphatic hydroxyl groups is 1. The van der Waals surface area contributed by atoms with E-state index in [0.717, 1.165) is 17.5 Å². The van der Waals surface area contributed by atoms with Crippen LogP contribution < -0.4 is 9.47 Å². The first-order valence-corrected chi connectivity index (χ1v) is 12.2. The van der Waals surface area contributed by atoms with Gasteiger partial charge in [0.25, 0.3) is 11.7 Å². The molecule has 0 aromatic heterocycles. The Morgan fingerprint density at radius 3 is 2.17 bits per heavy atom. The maximum atomic E-state index is 13.3. The Morgan fingerprint density at radius 1 is 1.06 bits per heavy atom. The average molecular weight is 520 g/mol. The van der Waals surface area contributed by atoms with Gasteiger partial charge >= 0.3 is 0 Å². The van der Waals surface area contributed by atoms with Crippen LogP contribution in [0.25, 0.3) is 5.76 Å². The molecule has 2 aromatic carbocycles. The fourth-order valence-corrected chi connectivity index (χ4v) is 4.93. The second-order valence-electron chi connectivity index (χ2n) is 9.50. The summed E-state index contributed by atoms with van der Waals surface area (Å²) >= 11 is 12.7. The molecule has 0 radical (unpaired) electrons. The number of carbonyl (C=O) groups excluding carboxylic acids is 2. The van der Waals surface area contributed by atoms with E-state index < -0.39 is 23.5 Å². The molecule has 1 aliphatic heterocycles. The van der Waals surface area contributed by atoms with Gasteiger partial charge in [0.2, 0.25) is 0 Å². The second kappa shape index (κ2) is 10.5. The standard InChI is InChI=1S/C27H31Cl2NO5/c1-7-8-13-30-21(15-9-11-16(12-10-15)27(2,3)4)19(23(32)26(30)33)22(31)17-14-18(28)25(35-6)20(29)24(17)34-5/h9-12,14,21,31H,7-8,13H2,1-6H3/b22-19+. The van der Waals surface area contributed by atoms with Gasteiger partial charge in [-0.1, -0.05) is 81.6 Å². The third kappa shape index (κ3) is 5.00. The SMILES string of the molecule is CCCCN1C(=O)C(=O)/C(=C(/O)c2cc(Cl)c(OC)c(Cl)c2OC)C1c1ccc(C(C)(C)C)cc1. The Kier molecular flexibility index (Phi) is 8.07. The molecule has 1 unspecified atom stereocenters. The molecule has 2 aromatic rings. The molecule has 1 N–H and O–H groups in total. The van der Waals surface area contributed by atoms with E-state index in [1.807, 2.05) is 31.2 Å². The van der Waals surface area contributed by atoms with Gasteiger partial charge < -0.3 is 19.5 Å². The van der Waals surface area contributed by atoms with E-state index in [-0.39, 0.29) is 38.1 Å². The Balaban J connectivity index is 2.26. The van der Waals surface area contributed by atoms with Crippen molar-refractivity contribution in [2.75, 3.05) is 20.8 Å². The van der Waals surface area contributed by atoms with Crippen molar-refractivity contribution in [3.63, 3.8) is 0 Å². The molecule has 0 spiro atoms. The van der Waals surface area contributed by atoms with Crippen LogP contribution in [0.1, 0.15) is 63.3 Å². The molecule has 3 rings (SSSR count). The zero-order valence-corrected chi connectivity index (χ0v) is 22.4. The van der Waals surface area contributed by atoms with Gasteiger partial charge in [-0.2, -0.15) is 0 Å². The molecule has 1 aliphatic rings. The summed E-state index contributed by atoms with van der Waals surface area (Å²) in [5.74, 6) is -1.56. The number of hydrogen-bond donors (Lipinski definition) is 1. The zero-order chi connectivity index (χ0) is 26.1. The van der Waals surface area contributed by atoms with Crippen LogP contribution in [0.15, 0.2) is 35.9 Å². The maximum Gasteiger partial charge on any atom is 0.295 e. The Hall–Kier alpha value is -2.70. The quantitative estimate of drug-likeness (QED) is 0.255. The highest BCUT2D eigenvalue weighted by molar-refractivity contribution is 6.47. The number of unbranched alkanes of at least 4 members (excludes halogenated alkanes) is 1. The summed E-state index contributed by atoms with van der Waals surface area (Å²) < 4.78 is 10.7. The highest BCUT2D eigenvalue weighted by atomic mass is 35.5. The van der Waals surface area contributed by atoms with Crippen molar-refractivity contribution >= 4 is 40.7 Å². The molecule has 1 saturated heterocycles. The minimum absolute atomic E-state index is 0.0368. The van der Waals surface area contributed by atoms with E-state index in [9.17, 15) is 14.7 Å². The van der Waals surface area contributed by atoms with Crippen molar-refractivity contribution in [2.24, 2.45) is 0 Å². The molecule has 1 heterocycles. The summed E-state index contributed by atoms with van der Waals surface area (Å²) in [7, 11) is 2.79. The van der Waals surface area contributed by atoms with Crippen molar-refractivity contribution in [3.05, 3.63) is 62.6 Å². The summed E-state index contributed by atoms with van der Waals surface area (Å²) in [5.41, 5.74) is 1.84. The lowest BCUT2D eigenvalue weighted by Crippen LogP contribution is -2.30. The highest BCUT2D eigenvalue weighted by Gasteiger charge is 2.46. The molecule has 8 heteroatoms. The average Bonchev–Trinajstić information content (AvgIpc) is 3.06. The fourth-order valence-electron chi connectivity index (χ4n) is 4.24. The van der Waals surface area contributed by atoms with E-state index in [2.05, 4.69) is 20.8 Å². The Bertz CT molecular complexity index is 1170. The van der Waals surface area contributed by atoms with Gasteiger partial charge in [0.15, 0.2) is 11.5 Å². The first kappa shape index (κ1) is 26.9. The number of rotatable bonds is 7. The van der Waals surface area contributed by atoms with Crippen LogP contribution in [0.2, 0.25) is 10.0 Å². The molecule has 35 heavy (non-hydrogen) atoms. The van der Waals surface area contributed by atoms with Gasteiger partial charge in [-0.25, -0.2) is 0 Å². The van der Waals surface area contributed by atoms with Gasteiger partial charge in [0.05, 0.1) is 36.4 Å². The lowest BCUT2D eigenvalue weighted by molar-refractivity contribution is -0.139. The topological polar surface area (TPSA) is 76.1 Å². The third-order valence-corrected chi connectivity index (χ3v) is 6.80. The summed E-state index contributed by atoms with van der Waals surface area (Å²) in [6.07, 6.45) is 1.56. The van der Waals surface area contributed by atoms with Crippen molar-refractivity contribution in [3.8, 4) is 11.5 Å². The molecule has 0 aliphatic carbocycles. The molecular formula is C27H31Cl2NO5. The number of methoxy groups -OCH3 is 2. The van der Waals surface area contributed by atoms with Gasteiger partial charge in [-0.05, 0) is 29.0 Å². The minimum atomic E-state index is -0.770. The summed E-state index contributed by atoms with van der Waals surface area (Å²) in [5, 5.41) is 11.6. The van der Waals surface area contributed by atoms with Gasteiger partial charge in [-0.15, -0.1) is 0 Å². The Labute approximate surface area is 216 Å². The molecule has 1 atom stereocenters. The second-order valence-corrected chi connectivity index (χ2v) is 10.3. The van der Waals surface area contributed by atoms with Crippen LogP contribution in [0.5, 0.6) is 11.5 Å².